The molecule has 0 spiro atoms. The van der Waals surface area contributed by atoms with E-state index in [2.05, 4.69) is 20.3 Å². The lowest BCUT2D eigenvalue weighted by molar-refractivity contribution is 0.404. The number of hydrogen-bond donors (Lipinski definition) is 0. The van der Waals surface area contributed by atoms with E-state index in [1.807, 2.05) is 36.9 Å². The van der Waals surface area contributed by atoms with E-state index in [0.717, 1.165) is 27.0 Å². The van der Waals surface area contributed by atoms with Crippen LogP contribution in [0.1, 0.15) is 5.56 Å². The summed E-state index contributed by atoms with van der Waals surface area (Å²) in [5.74, 6) is 1.80. The third kappa shape index (κ3) is 2.25. The highest BCUT2D eigenvalue weighted by molar-refractivity contribution is 7.18. The summed E-state index contributed by atoms with van der Waals surface area (Å²) in [7, 11) is 3.54. The molecule has 0 aliphatic heterocycles. The van der Waals surface area contributed by atoms with Gasteiger partial charge in [-0.25, -0.2) is 9.97 Å². The predicted molar refractivity (Wildman–Crippen MR) is 94.1 cm³/mol. The standard InChI is InChI=1S/C17H15N5OS/c1-10-5-4-6-18-12(10)11-9-24-14-13(11)20-15(21-17(14)23-3)16-19-7-8-22(16)2/h4-9H,1-3H3. The molecule has 6 nitrogen and oxygen atoms in total. The highest BCUT2D eigenvalue weighted by Crippen LogP contribution is 2.38. The molecule has 0 unspecified atom stereocenters. The van der Waals surface area contributed by atoms with Crippen LogP contribution < -0.4 is 4.74 Å². The Balaban J connectivity index is 2.01. The average molecular weight is 337 g/mol. The number of aryl methyl sites for hydroxylation is 2. The summed E-state index contributed by atoms with van der Waals surface area (Å²) in [6, 6.07) is 3.98. The summed E-state index contributed by atoms with van der Waals surface area (Å²) in [5, 5.41) is 2.05. The van der Waals surface area contributed by atoms with E-state index < -0.39 is 0 Å². The number of aromatic nitrogens is 5. The molecule has 0 aliphatic rings. The molecule has 24 heavy (non-hydrogen) atoms. The maximum absolute atomic E-state index is 5.49. The van der Waals surface area contributed by atoms with Crippen LogP contribution in [0.5, 0.6) is 5.88 Å². The van der Waals surface area contributed by atoms with Crippen LogP contribution >= 0.6 is 11.3 Å². The van der Waals surface area contributed by atoms with Crippen molar-refractivity contribution in [3.05, 3.63) is 41.7 Å². The van der Waals surface area contributed by atoms with Gasteiger partial charge in [-0.2, -0.15) is 4.98 Å². The molecule has 0 saturated heterocycles. The SMILES string of the molecule is COc1nc(-c2nccn2C)nc2c(-c3ncccc3C)csc12. The van der Waals surface area contributed by atoms with E-state index in [9.17, 15) is 0 Å². The van der Waals surface area contributed by atoms with Gasteiger partial charge < -0.3 is 9.30 Å². The van der Waals surface area contributed by atoms with Crippen molar-refractivity contribution in [2.24, 2.45) is 7.05 Å². The van der Waals surface area contributed by atoms with Crippen LogP contribution in [0.2, 0.25) is 0 Å². The van der Waals surface area contributed by atoms with Gasteiger partial charge in [-0.05, 0) is 18.6 Å². The first-order valence-corrected chi connectivity index (χ1v) is 8.30. The van der Waals surface area contributed by atoms with Gasteiger partial charge in [-0.15, -0.1) is 11.3 Å². The fourth-order valence-electron chi connectivity index (χ4n) is 2.65. The molecule has 0 amide bonds. The number of thiophene rings is 1. The summed E-state index contributed by atoms with van der Waals surface area (Å²) in [6.45, 7) is 2.05. The first-order chi connectivity index (χ1) is 11.7. The Morgan fingerprint density at radius 2 is 2.04 bits per heavy atom. The van der Waals surface area contributed by atoms with Crippen molar-refractivity contribution in [1.82, 2.24) is 24.5 Å². The van der Waals surface area contributed by atoms with Crippen LogP contribution in [0.25, 0.3) is 33.1 Å². The van der Waals surface area contributed by atoms with Crippen LogP contribution in [0.3, 0.4) is 0 Å². The molecule has 0 bridgehead atoms. The Morgan fingerprint density at radius 3 is 2.75 bits per heavy atom. The van der Waals surface area contributed by atoms with E-state index in [0.29, 0.717) is 17.5 Å². The van der Waals surface area contributed by atoms with Crippen LogP contribution in [0.4, 0.5) is 0 Å². The number of imidazole rings is 1. The van der Waals surface area contributed by atoms with Crippen LogP contribution in [0.15, 0.2) is 36.1 Å². The minimum Gasteiger partial charge on any atom is -0.480 e. The molecule has 4 heterocycles. The fraction of sp³-hybridized carbons (Fsp3) is 0.176. The summed E-state index contributed by atoms with van der Waals surface area (Å²) in [6.07, 6.45) is 5.39. The van der Waals surface area contributed by atoms with Crippen LogP contribution in [0, 0.1) is 6.92 Å². The van der Waals surface area contributed by atoms with E-state index >= 15 is 0 Å². The van der Waals surface area contributed by atoms with Gasteiger partial charge in [0.25, 0.3) is 0 Å². The van der Waals surface area contributed by atoms with Gasteiger partial charge in [0.05, 0.1) is 18.3 Å². The van der Waals surface area contributed by atoms with Gasteiger partial charge in [0.15, 0.2) is 11.6 Å². The Morgan fingerprint density at radius 1 is 1.17 bits per heavy atom. The van der Waals surface area contributed by atoms with Crippen molar-refractivity contribution in [3.8, 4) is 28.8 Å². The zero-order chi connectivity index (χ0) is 16.7. The van der Waals surface area contributed by atoms with Crippen molar-refractivity contribution in [1.29, 1.82) is 0 Å². The lowest BCUT2D eigenvalue weighted by Crippen LogP contribution is -2.00. The van der Waals surface area contributed by atoms with Gasteiger partial charge in [-0.3, -0.25) is 4.98 Å². The summed E-state index contributed by atoms with van der Waals surface area (Å²) in [5.41, 5.74) is 3.86. The lowest BCUT2D eigenvalue weighted by atomic mass is 10.1. The molecule has 0 radical (unpaired) electrons. The third-order valence-electron chi connectivity index (χ3n) is 3.86. The largest absolute Gasteiger partial charge is 0.480 e. The second kappa shape index (κ2) is 5.68. The highest BCUT2D eigenvalue weighted by Gasteiger charge is 2.19. The monoisotopic (exact) mass is 337 g/mol. The topological polar surface area (TPSA) is 65.7 Å². The van der Waals surface area contributed by atoms with Crippen molar-refractivity contribution in [3.63, 3.8) is 0 Å². The molecule has 120 valence electrons. The summed E-state index contributed by atoms with van der Waals surface area (Å²) < 4.78 is 8.29. The molecule has 0 atom stereocenters. The van der Waals surface area contributed by atoms with E-state index in [-0.39, 0.29) is 0 Å². The average Bonchev–Trinajstić information content (AvgIpc) is 3.20. The van der Waals surface area contributed by atoms with Gasteiger partial charge in [0.1, 0.15) is 4.70 Å². The summed E-state index contributed by atoms with van der Waals surface area (Å²) >= 11 is 1.56. The van der Waals surface area contributed by atoms with Crippen molar-refractivity contribution in [2.45, 2.75) is 6.92 Å². The predicted octanol–water partition coefficient (Wildman–Crippen LogP) is 3.47. The molecule has 0 N–H and O–H groups in total. The number of fused-ring (bicyclic) bond motifs is 1. The number of methoxy groups -OCH3 is 1. The lowest BCUT2D eigenvalue weighted by Gasteiger charge is -2.07. The van der Waals surface area contributed by atoms with Gasteiger partial charge in [0.2, 0.25) is 5.88 Å². The quantitative estimate of drug-likeness (QED) is 0.573. The molecule has 4 aromatic heterocycles. The number of nitrogens with zero attached hydrogens (tertiary/aromatic N) is 5. The number of hydrogen-bond acceptors (Lipinski definition) is 6. The Kier molecular flexibility index (Phi) is 3.50. The van der Waals surface area contributed by atoms with Gasteiger partial charge in [-0.1, -0.05) is 6.07 Å². The molecule has 0 fully saturated rings. The first-order valence-electron chi connectivity index (χ1n) is 7.42. The molecule has 4 aromatic rings. The van der Waals surface area contributed by atoms with E-state index in [4.69, 9.17) is 9.72 Å². The second-order valence-corrected chi connectivity index (χ2v) is 6.29. The Labute approximate surface area is 142 Å². The fourth-order valence-corrected chi connectivity index (χ4v) is 3.60. The van der Waals surface area contributed by atoms with Crippen LogP contribution in [-0.4, -0.2) is 31.6 Å². The third-order valence-corrected chi connectivity index (χ3v) is 4.82. The smallest absolute Gasteiger partial charge is 0.235 e. The van der Waals surface area contributed by atoms with Crippen molar-refractivity contribution >= 4 is 21.6 Å². The number of ether oxygens (including phenoxy) is 1. The highest BCUT2D eigenvalue weighted by atomic mass is 32.1. The molecule has 0 aromatic carbocycles. The maximum Gasteiger partial charge on any atom is 0.235 e. The molecular formula is C17H15N5OS. The minimum absolute atomic E-state index is 0.542. The minimum atomic E-state index is 0.542. The molecular weight excluding hydrogens is 322 g/mol. The zero-order valence-corrected chi connectivity index (χ0v) is 14.3. The number of rotatable bonds is 3. The zero-order valence-electron chi connectivity index (χ0n) is 13.5. The van der Waals surface area contributed by atoms with Gasteiger partial charge in [0, 0.05) is 36.6 Å². The Hall–Kier alpha value is -2.80. The van der Waals surface area contributed by atoms with Crippen molar-refractivity contribution < 1.29 is 4.74 Å². The molecule has 4 rings (SSSR count). The Bertz CT molecular complexity index is 1040. The van der Waals surface area contributed by atoms with Crippen molar-refractivity contribution in [2.75, 3.05) is 7.11 Å². The summed E-state index contributed by atoms with van der Waals surface area (Å²) in [4.78, 5) is 18.1. The van der Waals surface area contributed by atoms with E-state index in [1.54, 1.807) is 30.8 Å². The molecule has 0 aliphatic carbocycles. The molecule has 7 heteroatoms. The van der Waals surface area contributed by atoms with Gasteiger partial charge >= 0.3 is 0 Å². The van der Waals surface area contributed by atoms with E-state index in [1.165, 1.54) is 0 Å². The van der Waals surface area contributed by atoms with Crippen LogP contribution in [-0.2, 0) is 7.05 Å². The maximum atomic E-state index is 5.49. The molecule has 0 saturated carbocycles. The number of pyridine rings is 1. The second-order valence-electron chi connectivity index (χ2n) is 5.41. The normalized spacial score (nSPS) is 11.1. The first kappa shape index (κ1) is 14.8.